The van der Waals surface area contributed by atoms with Crippen LogP contribution in [-0.2, 0) is 9.53 Å². The third-order valence-corrected chi connectivity index (χ3v) is 5.23. The Kier molecular flexibility index (Phi) is 3.93. The van der Waals surface area contributed by atoms with Crippen molar-refractivity contribution in [1.29, 1.82) is 0 Å². The average Bonchev–Trinajstić information content (AvgIpc) is 3.11. The molecule has 0 spiro atoms. The molecule has 8 heteroatoms. The Morgan fingerprint density at radius 2 is 2.09 bits per heavy atom. The lowest BCUT2D eigenvalue weighted by atomic mass is 10.1. The standard InChI is InChI=1S/C15H17N3O4S/c1-7-10-12(18-6-4-5-9(18)14(19)20)16-8(2)17-13(10)23-11(7)15(21)22-3/h9H,4-6H2,1-3H3,(H,19,20). The van der Waals surface area contributed by atoms with Crippen LogP contribution in [0.15, 0.2) is 0 Å². The zero-order valence-electron chi connectivity index (χ0n) is 13.1. The summed E-state index contributed by atoms with van der Waals surface area (Å²) >= 11 is 1.25. The predicted octanol–water partition coefficient (Wildman–Crippen LogP) is 2.15. The first-order valence-corrected chi connectivity index (χ1v) is 8.11. The molecule has 1 aliphatic heterocycles. The molecule has 0 radical (unpaired) electrons. The number of aryl methyl sites for hydroxylation is 2. The van der Waals surface area contributed by atoms with E-state index < -0.39 is 18.0 Å². The monoisotopic (exact) mass is 335 g/mol. The van der Waals surface area contributed by atoms with Crippen LogP contribution in [0.4, 0.5) is 5.82 Å². The van der Waals surface area contributed by atoms with Gasteiger partial charge in [-0.05, 0) is 32.3 Å². The number of hydrogen-bond donors (Lipinski definition) is 1. The molecule has 7 nitrogen and oxygen atoms in total. The number of aromatic nitrogens is 2. The molecular weight excluding hydrogens is 318 g/mol. The third-order valence-electron chi connectivity index (χ3n) is 4.06. The van der Waals surface area contributed by atoms with Crippen molar-refractivity contribution >= 4 is 39.3 Å². The third kappa shape index (κ3) is 2.52. The highest BCUT2D eigenvalue weighted by Crippen LogP contribution is 2.38. The van der Waals surface area contributed by atoms with Gasteiger partial charge in [0, 0.05) is 6.54 Å². The van der Waals surface area contributed by atoms with Crippen molar-refractivity contribution < 1.29 is 19.4 Å². The van der Waals surface area contributed by atoms with E-state index in [4.69, 9.17) is 4.74 Å². The maximum Gasteiger partial charge on any atom is 0.348 e. The minimum absolute atomic E-state index is 0.412. The fraction of sp³-hybridized carbons (Fsp3) is 0.467. The van der Waals surface area contributed by atoms with Crippen molar-refractivity contribution in [3.63, 3.8) is 0 Å². The van der Waals surface area contributed by atoms with Crippen LogP contribution in [0.5, 0.6) is 0 Å². The second-order valence-corrected chi connectivity index (χ2v) is 6.51. The highest BCUT2D eigenvalue weighted by Gasteiger charge is 2.34. The first-order valence-electron chi connectivity index (χ1n) is 7.29. The second-order valence-electron chi connectivity index (χ2n) is 5.51. The maximum atomic E-state index is 11.9. The van der Waals surface area contributed by atoms with E-state index in [1.807, 2.05) is 6.92 Å². The summed E-state index contributed by atoms with van der Waals surface area (Å²) < 4.78 is 4.82. The lowest BCUT2D eigenvalue weighted by molar-refractivity contribution is -0.138. The maximum absolute atomic E-state index is 11.9. The second kappa shape index (κ2) is 5.77. The lowest BCUT2D eigenvalue weighted by Crippen LogP contribution is -2.36. The summed E-state index contributed by atoms with van der Waals surface area (Å²) in [6.07, 6.45) is 1.39. The van der Waals surface area contributed by atoms with Gasteiger partial charge in [0.2, 0.25) is 0 Å². The summed E-state index contributed by atoms with van der Waals surface area (Å²) in [7, 11) is 1.34. The largest absolute Gasteiger partial charge is 0.480 e. The van der Waals surface area contributed by atoms with Crippen molar-refractivity contribution in [3.05, 3.63) is 16.3 Å². The smallest absolute Gasteiger partial charge is 0.348 e. The minimum atomic E-state index is -0.854. The zero-order chi connectivity index (χ0) is 16.7. The SMILES string of the molecule is COC(=O)c1sc2nc(C)nc(N3CCCC3C(=O)O)c2c1C. The van der Waals surface area contributed by atoms with Gasteiger partial charge < -0.3 is 14.7 Å². The van der Waals surface area contributed by atoms with Gasteiger partial charge in [-0.1, -0.05) is 0 Å². The van der Waals surface area contributed by atoms with E-state index in [2.05, 4.69) is 9.97 Å². The summed E-state index contributed by atoms with van der Waals surface area (Å²) in [6, 6.07) is -0.589. The number of methoxy groups -OCH3 is 1. The fourth-order valence-corrected chi connectivity index (χ4v) is 4.13. The van der Waals surface area contributed by atoms with Gasteiger partial charge in [-0.15, -0.1) is 11.3 Å². The van der Waals surface area contributed by atoms with E-state index in [0.717, 1.165) is 17.4 Å². The highest BCUT2D eigenvalue weighted by atomic mass is 32.1. The number of carboxylic acids is 1. The van der Waals surface area contributed by atoms with Gasteiger partial charge in [0.1, 0.15) is 27.4 Å². The molecule has 2 aromatic heterocycles. The van der Waals surface area contributed by atoms with E-state index in [0.29, 0.717) is 34.3 Å². The number of rotatable bonds is 3. The first kappa shape index (κ1) is 15.7. The Hall–Kier alpha value is -2.22. The molecule has 1 N–H and O–H groups in total. The number of anilines is 1. The van der Waals surface area contributed by atoms with Crippen LogP contribution >= 0.6 is 11.3 Å². The molecule has 0 aliphatic carbocycles. The average molecular weight is 335 g/mol. The Morgan fingerprint density at radius 3 is 2.74 bits per heavy atom. The molecule has 0 saturated carbocycles. The molecule has 3 rings (SSSR count). The summed E-state index contributed by atoms with van der Waals surface area (Å²) in [5, 5.41) is 10.2. The molecule has 1 saturated heterocycles. The lowest BCUT2D eigenvalue weighted by Gasteiger charge is -2.23. The normalized spacial score (nSPS) is 17.7. The van der Waals surface area contributed by atoms with Crippen LogP contribution in [0.25, 0.3) is 10.2 Å². The fourth-order valence-electron chi connectivity index (χ4n) is 2.99. The summed E-state index contributed by atoms with van der Waals surface area (Å²) in [4.78, 5) is 35.3. The van der Waals surface area contributed by atoms with Crippen molar-refractivity contribution in [2.75, 3.05) is 18.6 Å². The number of carbonyl (C=O) groups is 2. The molecule has 23 heavy (non-hydrogen) atoms. The van der Waals surface area contributed by atoms with Gasteiger partial charge in [-0.25, -0.2) is 19.6 Å². The Morgan fingerprint density at radius 1 is 1.35 bits per heavy atom. The van der Waals surface area contributed by atoms with Gasteiger partial charge in [-0.2, -0.15) is 0 Å². The van der Waals surface area contributed by atoms with Crippen molar-refractivity contribution in [2.45, 2.75) is 32.7 Å². The molecule has 2 aromatic rings. The van der Waals surface area contributed by atoms with Crippen LogP contribution in [-0.4, -0.2) is 46.7 Å². The van der Waals surface area contributed by atoms with Gasteiger partial charge in [0.15, 0.2) is 0 Å². The van der Waals surface area contributed by atoms with Crippen LogP contribution in [0, 0.1) is 13.8 Å². The molecule has 1 atom stereocenters. The number of thiophene rings is 1. The van der Waals surface area contributed by atoms with E-state index in [-0.39, 0.29) is 0 Å². The molecule has 1 aliphatic rings. The van der Waals surface area contributed by atoms with Gasteiger partial charge in [-0.3, -0.25) is 0 Å². The number of carboxylic acid groups (broad SMARTS) is 1. The Bertz CT molecular complexity index is 802. The number of ether oxygens (including phenoxy) is 1. The van der Waals surface area contributed by atoms with Crippen molar-refractivity contribution in [1.82, 2.24) is 9.97 Å². The molecule has 0 aromatic carbocycles. The number of carbonyl (C=O) groups excluding carboxylic acids is 1. The summed E-state index contributed by atoms with van der Waals surface area (Å²) in [5.41, 5.74) is 0.739. The van der Waals surface area contributed by atoms with Gasteiger partial charge in [0.25, 0.3) is 0 Å². The van der Waals surface area contributed by atoms with Gasteiger partial charge in [0.05, 0.1) is 12.5 Å². The summed E-state index contributed by atoms with van der Waals surface area (Å²) in [5.74, 6) is -0.110. The molecular formula is C15H17N3O4S. The highest BCUT2D eigenvalue weighted by molar-refractivity contribution is 7.20. The molecule has 122 valence electrons. The van der Waals surface area contributed by atoms with Gasteiger partial charge >= 0.3 is 11.9 Å². The minimum Gasteiger partial charge on any atom is -0.480 e. The quantitative estimate of drug-likeness (QED) is 0.859. The molecule has 1 unspecified atom stereocenters. The zero-order valence-corrected chi connectivity index (χ0v) is 13.9. The first-order chi connectivity index (χ1) is 10.9. The van der Waals surface area contributed by atoms with Crippen LogP contribution < -0.4 is 4.90 Å². The molecule has 0 bridgehead atoms. The van der Waals surface area contributed by atoms with E-state index in [1.165, 1.54) is 18.4 Å². The Labute approximate surface area is 136 Å². The molecule has 1 fully saturated rings. The molecule has 0 amide bonds. The molecule has 3 heterocycles. The Balaban J connectivity index is 2.22. The number of esters is 1. The number of nitrogens with zero attached hydrogens (tertiary/aromatic N) is 3. The van der Waals surface area contributed by atoms with Crippen molar-refractivity contribution in [3.8, 4) is 0 Å². The van der Waals surface area contributed by atoms with Crippen molar-refractivity contribution in [2.24, 2.45) is 0 Å². The van der Waals surface area contributed by atoms with E-state index in [9.17, 15) is 14.7 Å². The van der Waals surface area contributed by atoms with E-state index in [1.54, 1.807) is 11.8 Å². The number of fused-ring (bicyclic) bond motifs is 1. The van der Waals surface area contributed by atoms with E-state index >= 15 is 0 Å². The van der Waals surface area contributed by atoms with Crippen LogP contribution in [0.1, 0.15) is 33.9 Å². The summed E-state index contributed by atoms with van der Waals surface area (Å²) in [6.45, 7) is 4.21. The van der Waals surface area contributed by atoms with Crippen LogP contribution in [0.3, 0.4) is 0 Å². The topological polar surface area (TPSA) is 92.6 Å². The number of aliphatic carboxylic acids is 1. The predicted molar refractivity (Wildman–Crippen MR) is 86.2 cm³/mol. The van der Waals surface area contributed by atoms with Crippen LogP contribution in [0.2, 0.25) is 0 Å². The number of hydrogen-bond acceptors (Lipinski definition) is 7.